The van der Waals surface area contributed by atoms with Crippen molar-refractivity contribution in [1.82, 2.24) is 19.7 Å². The van der Waals surface area contributed by atoms with Crippen LogP contribution in [0.3, 0.4) is 0 Å². The molecule has 0 bridgehead atoms. The molecule has 1 saturated heterocycles. The number of carbonyl (C=O) groups excluding carboxylic acids is 1. The average molecular weight is 427 g/mol. The van der Waals surface area contributed by atoms with E-state index in [4.69, 9.17) is 9.15 Å². The molecule has 2 aromatic heterocycles. The quantitative estimate of drug-likeness (QED) is 0.392. The number of piperidine rings is 1. The minimum absolute atomic E-state index is 0.262. The van der Waals surface area contributed by atoms with Gasteiger partial charge in [-0.25, -0.2) is 0 Å². The van der Waals surface area contributed by atoms with E-state index < -0.39 is 0 Å². The van der Waals surface area contributed by atoms with Crippen molar-refractivity contribution in [3.05, 3.63) is 42.7 Å². The molecule has 3 heterocycles. The van der Waals surface area contributed by atoms with Crippen molar-refractivity contribution in [1.29, 1.82) is 0 Å². The van der Waals surface area contributed by atoms with Gasteiger partial charge in [-0.1, -0.05) is 23.9 Å². The summed E-state index contributed by atoms with van der Waals surface area (Å²) >= 11 is 1.59. The average Bonchev–Trinajstić information content (AvgIpc) is 3.47. The van der Waals surface area contributed by atoms with Crippen LogP contribution in [0.2, 0.25) is 0 Å². The predicted octanol–water partition coefficient (Wildman–Crippen LogP) is 4.42. The predicted molar refractivity (Wildman–Crippen MR) is 116 cm³/mol. The summed E-state index contributed by atoms with van der Waals surface area (Å²) in [5.41, 5.74) is 0.850. The molecular formula is C22H26N4O3S. The maximum atomic E-state index is 12.4. The Morgan fingerprint density at radius 3 is 2.73 bits per heavy atom. The molecule has 0 saturated carbocycles. The number of likely N-dealkylation sites (tertiary alicyclic amines) is 1. The van der Waals surface area contributed by atoms with Gasteiger partial charge in [0.1, 0.15) is 5.75 Å². The monoisotopic (exact) mass is 426 g/mol. The third-order valence-electron chi connectivity index (χ3n) is 5.18. The van der Waals surface area contributed by atoms with Gasteiger partial charge in [-0.2, -0.15) is 0 Å². The Kier molecular flexibility index (Phi) is 6.74. The van der Waals surface area contributed by atoms with E-state index in [9.17, 15) is 4.79 Å². The Balaban J connectivity index is 1.48. The van der Waals surface area contributed by atoms with Crippen LogP contribution in [0, 0.1) is 0 Å². The summed E-state index contributed by atoms with van der Waals surface area (Å²) in [6.45, 7) is 1.81. The lowest BCUT2D eigenvalue weighted by Crippen LogP contribution is -2.35. The van der Waals surface area contributed by atoms with Gasteiger partial charge in [0.05, 0.1) is 19.1 Å². The van der Waals surface area contributed by atoms with Gasteiger partial charge >= 0.3 is 0 Å². The first-order valence-electron chi connectivity index (χ1n) is 10.3. The van der Waals surface area contributed by atoms with Gasteiger partial charge in [0.25, 0.3) is 0 Å². The number of rotatable bonds is 8. The van der Waals surface area contributed by atoms with E-state index in [1.807, 2.05) is 45.9 Å². The number of carbonyl (C=O) groups is 1. The Bertz CT molecular complexity index is 965. The van der Waals surface area contributed by atoms with Gasteiger partial charge in [-0.15, -0.1) is 10.2 Å². The van der Waals surface area contributed by atoms with Gasteiger partial charge in [0, 0.05) is 25.3 Å². The largest absolute Gasteiger partial charge is 0.495 e. The lowest BCUT2D eigenvalue weighted by atomic mass is 10.1. The molecular weight excluding hydrogens is 400 g/mol. The number of nitrogens with zero attached hydrogens (tertiary/aromatic N) is 4. The van der Waals surface area contributed by atoms with E-state index in [2.05, 4.69) is 10.2 Å². The van der Waals surface area contributed by atoms with E-state index in [1.54, 1.807) is 25.1 Å². The molecule has 30 heavy (non-hydrogen) atoms. The molecule has 3 aromatic rings. The second kappa shape index (κ2) is 9.84. The molecule has 0 unspecified atom stereocenters. The zero-order chi connectivity index (χ0) is 20.8. The highest BCUT2D eigenvalue weighted by atomic mass is 32.2. The molecule has 1 aliphatic heterocycles. The highest BCUT2D eigenvalue weighted by Gasteiger charge is 2.21. The third-order valence-corrected chi connectivity index (χ3v) is 6.19. The number of methoxy groups -OCH3 is 1. The maximum Gasteiger partial charge on any atom is 0.222 e. The van der Waals surface area contributed by atoms with E-state index >= 15 is 0 Å². The van der Waals surface area contributed by atoms with Crippen molar-refractivity contribution < 1.29 is 13.9 Å². The molecule has 1 aromatic carbocycles. The fraction of sp³-hybridized carbons (Fsp3) is 0.409. The van der Waals surface area contributed by atoms with Crippen LogP contribution in [-0.2, 0) is 4.79 Å². The SMILES string of the molecule is COc1ccccc1-n1c(SCCCC(=O)N2CCCCC2)nnc1-c1ccco1. The molecule has 158 valence electrons. The van der Waals surface area contributed by atoms with Crippen molar-refractivity contribution >= 4 is 17.7 Å². The normalized spacial score (nSPS) is 14.1. The first-order chi connectivity index (χ1) is 14.8. The zero-order valence-corrected chi connectivity index (χ0v) is 17.9. The van der Waals surface area contributed by atoms with E-state index in [-0.39, 0.29) is 5.91 Å². The third kappa shape index (κ3) is 4.53. The van der Waals surface area contributed by atoms with Crippen LogP contribution in [0.4, 0.5) is 0 Å². The number of furan rings is 1. The zero-order valence-electron chi connectivity index (χ0n) is 17.1. The van der Waals surface area contributed by atoms with Crippen LogP contribution >= 0.6 is 11.8 Å². The van der Waals surface area contributed by atoms with Gasteiger partial charge in [0.15, 0.2) is 10.9 Å². The topological polar surface area (TPSA) is 73.4 Å². The van der Waals surface area contributed by atoms with Gasteiger partial charge in [0.2, 0.25) is 11.7 Å². The van der Waals surface area contributed by atoms with Crippen LogP contribution < -0.4 is 4.74 Å². The van der Waals surface area contributed by atoms with E-state index in [1.165, 1.54) is 6.42 Å². The number of para-hydroxylation sites is 2. The van der Waals surface area contributed by atoms with E-state index in [0.29, 0.717) is 18.0 Å². The van der Waals surface area contributed by atoms with Crippen molar-refractivity contribution in [2.24, 2.45) is 0 Å². The molecule has 0 N–H and O–H groups in total. The fourth-order valence-electron chi connectivity index (χ4n) is 3.65. The van der Waals surface area contributed by atoms with Crippen molar-refractivity contribution in [2.45, 2.75) is 37.3 Å². The summed E-state index contributed by atoms with van der Waals surface area (Å²) in [4.78, 5) is 14.4. The molecule has 1 fully saturated rings. The minimum atomic E-state index is 0.262. The van der Waals surface area contributed by atoms with Gasteiger partial charge in [-0.3, -0.25) is 9.36 Å². The Hall–Kier alpha value is -2.74. The molecule has 7 nitrogen and oxygen atoms in total. The van der Waals surface area contributed by atoms with Crippen LogP contribution in [0.25, 0.3) is 17.3 Å². The number of amides is 1. The van der Waals surface area contributed by atoms with Crippen LogP contribution in [0.1, 0.15) is 32.1 Å². The fourth-order valence-corrected chi connectivity index (χ4v) is 4.53. The van der Waals surface area contributed by atoms with Crippen LogP contribution in [0.5, 0.6) is 5.75 Å². The van der Waals surface area contributed by atoms with Gasteiger partial charge < -0.3 is 14.1 Å². The molecule has 1 aliphatic rings. The summed E-state index contributed by atoms with van der Waals surface area (Å²) < 4.78 is 13.1. The highest BCUT2D eigenvalue weighted by Crippen LogP contribution is 2.32. The van der Waals surface area contributed by atoms with E-state index in [0.717, 1.165) is 54.7 Å². The summed E-state index contributed by atoms with van der Waals surface area (Å²) in [5.74, 6) is 3.03. The molecule has 0 atom stereocenters. The van der Waals surface area contributed by atoms with Crippen LogP contribution in [-0.4, -0.2) is 51.5 Å². The number of benzene rings is 1. The second-order valence-electron chi connectivity index (χ2n) is 7.18. The first-order valence-corrected chi connectivity index (χ1v) is 11.3. The molecule has 1 amide bonds. The molecule has 0 spiro atoms. The maximum absolute atomic E-state index is 12.4. The minimum Gasteiger partial charge on any atom is -0.495 e. The molecule has 0 aliphatic carbocycles. The Morgan fingerprint density at radius 1 is 1.13 bits per heavy atom. The van der Waals surface area contributed by atoms with Gasteiger partial charge in [-0.05, 0) is 49.9 Å². The number of ether oxygens (including phenoxy) is 1. The standard InChI is InChI=1S/C22H26N4O3S/c1-28-18-10-4-3-9-17(18)26-21(19-11-7-15-29-19)23-24-22(26)30-16-8-12-20(27)25-13-5-2-6-14-25/h3-4,7,9-11,15H,2,5-6,8,12-14,16H2,1H3. The summed E-state index contributed by atoms with van der Waals surface area (Å²) in [5, 5.41) is 9.51. The lowest BCUT2D eigenvalue weighted by molar-refractivity contribution is -0.132. The number of thioether (sulfide) groups is 1. The summed E-state index contributed by atoms with van der Waals surface area (Å²) in [6.07, 6.45) is 6.47. The Morgan fingerprint density at radius 2 is 1.97 bits per heavy atom. The lowest BCUT2D eigenvalue weighted by Gasteiger charge is -2.26. The smallest absolute Gasteiger partial charge is 0.222 e. The highest BCUT2D eigenvalue weighted by molar-refractivity contribution is 7.99. The Labute approximate surface area is 180 Å². The summed E-state index contributed by atoms with van der Waals surface area (Å²) in [7, 11) is 1.65. The van der Waals surface area contributed by atoms with Crippen molar-refractivity contribution in [3.8, 4) is 23.0 Å². The molecule has 4 rings (SSSR count). The molecule has 0 radical (unpaired) electrons. The number of hydrogen-bond acceptors (Lipinski definition) is 6. The number of hydrogen-bond donors (Lipinski definition) is 0. The molecule has 8 heteroatoms. The van der Waals surface area contributed by atoms with Crippen LogP contribution in [0.15, 0.2) is 52.2 Å². The second-order valence-corrected chi connectivity index (χ2v) is 8.25. The number of aromatic nitrogens is 3. The van der Waals surface area contributed by atoms with Crippen molar-refractivity contribution in [3.63, 3.8) is 0 Å². The van der Waals surface area contributed by atoms with Crippen molar-refractivity contribution in [2.75, 3.05) is 26.0 Å². The summed E-state index contributed by atoms with van der Waals surface area (Å²) in [6, 6.07) is 11.5. The first kappa shape index (κ1) is 20.5.